The fourth-order valence-corrected chi connectivity index (χ4v) is 1.83. The molecule has 0 fully saturated rings. The molecule has 0 aliphatic rings. The van der Waals surface area contributed by atoms with Crippen molar-refractivity contribution in [2.24, 2.45) is 0 Å². The van der Waals surface area contributed by atoms with Gasteiger partial charge >= 0.3 is 0 Å². The molecule has 0 amide bonds. The number of nitrogens with zero attached hydrogens (tertiary/aromatic N) is 2. The highest BCUT2D eigenvalue weighted by molar-refractivity contribution is 5.71. The summed E-state index contributed by atoms with van der Waals surface area (Å²) in [4.78, 5) is 4.45. The molecule has 0 aliphatic heterocycles. The van der Waals surface area contributed by atoms with Gasteiger partial charge in [0.25, 0.3) is 0 Å². The molecule has 0 radical (unpaired) electrons. The van der Waals surface area contributed by atoms with Crippen molar-refractivity contribution in [1.82, 2.24) is 9.66 Å². The minimum absolute atomic E-state index is 0.482. The third-order valence-electron chi connectivity index (χ3n) is 2.78. The van der Waals surface area contributed by atoms with Crippen LogP contribution in [0, 0.1) is 0 Å². The second kappa shape index (κ2) is 5.00. The van der Waals surface area contributed by atoms with Gasteiger partial charge < -0.3 is 16.3 Å². The summed E-state index contributed by atoms with van der Waals surface area (Å²) in [5.74, 6) is 7.93. The molecule has 4 N–H and O–H groups in total. The van der Waals surface area contributed by atoms with Crippen LogP contribution in [0.25, 0.3) is 11.3 Å². The van der Waals surface area contributed by atoms with Gasteiger partial charge in [0.05, 0.1) is 6.61 Å². The monoisotopic (exact) mass is 246 g/mol. The molecule has 5 heteroatoms. The first-order valence-electron chi connectivity index (χ1n) is 6.02. The topological polar surface area (TPSA) is 79.1 Å². The molecule has 2 aromatic rings. The van der Waals surface area contributed by atoms with Crippen LogP contribution >= 0.6 is 0 Å². The zero-order valence-corrected chi connectivity index (χ0v) is 10.7. The van der Waals surface area contributed by atoms with Crippen molar-refractivity contribution >= 4 is 5.82 Å². The molecule has 5 nitrogen and oxygen atoms in total. The quantitative estimate of drug-likeness (QED) is 0.806. The van der Waals surface area contributed by atoms with Gasteiger partial charge in [-0.2, -0.15) is 0 Å². The largest absolute Gasteiger partial charge is 0.494 e. The Bertz CT molecular complexity index is 531. The number of anilines is 1. The summed E-state index contributed by atoms with van der Waals surface area (Å²) < 4.78 is 6.83. The normalized spacial score (nSPS) is 10.6. The molecule has 1 aromatic heterocycles. The number of ether oxygens (including phenoxy) is 1. The number of hydrogen-bond acceptors (Lipinski definition) is 4. The number of nitrogen functional groups attached to an aromatic ring is 2. The molecular formula is C13H18N4O. The lowest BCUT2D eigenvalue weighted by Gasteiger charge is -2.04. The maximum Gasteiger partial charge on any atom is 0.150 e. The molecule has 2 rings (SSSR count). The van der Waals surface area contributed by atoms with E-state index in [0.717, 1.165) is 29.3 Å². The van der Waals surface area contributed by atoms with Gasteiger partial charge in [-0.15, -0.1) is 0 Å². The van der Waals surface area contributed by atoms with Gasteiger partial charge in [0, 0.05) is 12.0 Å². The minimum atomic E-state index is 0.482. The maximum absolute atomic E-state index is 5.95. The Hall–Kier alpha value is -2.17. The average molecular weight is 246 g/mol. The van der Waals surface area contributed by atoms with Crippen LogP contribution in [0.2, 0.25) is 0 Å². The van der Waals surface area contributed by atoms with Crippen molar-refractivity contribution in [2.45, 2.75) is 20.3 Å². The molecule has 1 heterocycles. The average Bonchev–Trinajstić information content (AvgIpc) is 2.68. The van der Waals surface area contributed by atoms with Crippen molar-refractivity contribution in [1.29, 1.82) is 0 Å². The molecular weight excluding hydrogens is 228 g/mol. The highest BCUT2D eigenvalue weighted by Gasteiger charge is 2.13. The zero-order chi connectivity index (χ0) is 13.1. The number of aromatic nitrogens is 2. The SMILES string of the molecule is CCOc1ccc(-c2nc(CC)n(N)c2N)cc1. The highest BCUT2D eigenvalue weighted by atomic mass is 16.5. The Morgan fingerprint density at radius 2 is 1.89 bits per heavy atom. The Balaban J connectivity index is 2.36. The van der Waals surface area contributed by atoms with Crippen LogP contribution in [-0.4, -0.2) is 16.3 Å². The van der Waals surface area contributed by atoms with E-state index in [1.54, 1.807) is 0 Å². The van der Waals surface area contributed by atoms with Crippen LogP contribution in [0.4, 0.5) is 5.82 Å². The molecule has 0 saturated heterocycles. The number of imidazole rings is 1. The molecule has 0 atom stereocenters. The van der Waals surface area contributed by atoms with Crippen LogP contribution in [-0.2, 0) is 6.42 Å². The lowest BCUT2D eigenvalue weighted by atomic mass is 10.1. The Kier molecular flexibility index (Phi) is 3.41. The van der Waals surface area contributed by atoms with Gasteiger partial charge in [0.2, 0.25) is 0 Å². The van der Waals surface area contributed by atoms with E-state index in [1.165, 1.54) is 4.68 Å². The summed E-state index contributed by atoms with van der Waals surface area (Å²) >= 11 is 0. The van der Waals surface area contributed by atoms with Crippen molar-refractivity contribution in [2.75, 3.05) is 18.2 Å². The number of rotatable bonds is 4. The highest BCUT2D eigenvalue weighted by Crippen LogP contribution is 2.26. The number of benzene rings is 1. The maximum atomic E-state index is 5.95. The van der Waals surface area contributed by atoms with Gasteiger partial charge in [-0.3, -0.25) is 0 Å². The molecule has 1 aromatic carbocycles. The van der Waals surface area contributed by atoms with E-state index in [0.29, 0.717) is 12.4 Å². The van der Waals surface area contributed by atoms with Crippen LogP contribution < -0.4 is 16.3 Å². The van der Waals surface area contributed by atoms with Crippen LogP contribution in [0.5, 0.6) is 5.75 Å². The van der Waals surface area contributed by atoms with Crippen molar-refractivity contribution in [3.8, 4) is 17.0 Å². The lowest BCUT2D eigenvalue weighted by molar-refractivity contribution is 0.340. The lowest BCUT2D eigenvalue weighted by Crippen LogP contribution is -2.14. The fourth-order valence-electron chi connectivity index (χ4n) is 1.83. The molecule has 0 bridgehead atoms. The first-order valence-corrected chi connectivity index (χ1v) is 6.02. The molecule has 0 unspecified atom stereocenters. The summed E-state index contributed by atoms with van der Waals surface area (Å²) in [6.45, 7) is 4.60. The summed E-state index contributed by atoms with van der Waals surface area (Å²) in [7, 11) is 0. The minimum Gasteiger partial charge on any atom is -0.494 e. The standard InChI is InChI=1S/C13H18N4O/c1-3-11-16-12(13(14)17(11)15)9-5-7-10(8-6-9)18-4-2/h5-8H,3-4,14-15H2,1-2H3. The second-order valence-corrected chi connectivity index (χ2v) is 3.94. The smallest absolute Gasteiger partial charge is 0.150 e. The number of nitrogens with two attached hydrogens (primary N) is 2. The van der Waals surface area contributed by atoms with Gasteiger partial charge in [-0.25, -0.2) is 9.66 Å². The van der Waals surface area contributed by atoms with E-state index in [-0.39, 0.29) is 0 Å². The first-order chi connectivity index (χ1) is 8.67. The van der Waals surface area contributed by atoms with E-state index in [4.69, 9.17) is 16.3 Å². The third-order valence-corrected chi connectivity index (χ3v) is 2.78. The van der Waals surface area contributed by atoms with Crippen LogP contribution in [0.3, 0.4) is 0 Å². The second-order valence-electron chi connectivity index (χ2n) is 3.94. The van der Waals surface area contributed by atoms with E-state index < -0.39 is 0 Å². The Morgan fingerprint density at radius 1 is 1.22 bits per heavy atom. The molecule has 0 aliphatic carbocycles. The first kappa shape index (κ1) is 12.3. The predicted molar refractivity (Wildman–Crippen MR) is 72.8 cm³/mol. The van der Waals surface area contributed by atoms with E-state index in [1.807, 2.05) is 38.1 Å². The summed E-state index contributed by atoms with van der Waals surface area (Å²) in [5, 5.41) is 0. The van der Waals surface area contributed by atoms with Crippen molar-refractivity contribution in [3.05, 3.63) is 30.1 Å². The van der Waals surface area contributed by atoms with E-state index in [9.17, 15) is 0 Å². The summed E-state index contributed by atoms with van der Waals surface area (Å²) in [6.07, 6.45) is 0.748. The van der Waals surface area contributed by atoms with Crippen molar-refractivity contribution < 1.29 is 4.74 Å². The predicted octanol–water partition coefficient (Wildman–Crippen LogP) is 1.81. The van der Waals surface area contributed by atoms with E-state index in [2.05, 4.69) is 4.98 Å². The van der Waals surface area contributed by atoms with E-state index >= 15 is 0 Å². The Morgan fingerprint density at radius 3 is 2.39 bits per heavy atom. The fraction of sp³-hybridized carbons (Fsp3) is 0.308. The summed E-state index contributed by atoms with van der Waals surface area (Å²) in [6, 6.07) is 7.67. The summed E-state index contributed by atoms with van der Waals surface area (Å²) in [5.41, 5.74) is 7.61. The zero-order valence-electron chi connectivity index (χ0n) is 10.7. The van der Waals surface area contributed by atoms with Crippen LogP contribution in [0.15, 0.2) is 24.3 Å². The van der Waals surface area contributed by atoms with Gasteiger partial charge in [0.15, 0.2) is 5.82 Å². The van der Waals surface area contributed by atoms with Gasteiger partial charge in [0.1, 0.15) is 17.3 Å². The third kappa shape index (κ3) is 2.11. The molecule has 0 saturated carbocycles. The molecule has 0 spiro atoms. The van der Waals surface area contributed by atoms with Crippen LogP contribution in [0.1, 0.15) is 19.7 Å². The van der Waals surface area contributed by atoms with Gasteiger partial charge in [-0.1, -0.05) is 6.92 Å². The molecule has 18 heavy (non-hydrogen) atoms. The van der Waals surface area contributed by atoms with Gasteiger partial charge in [-0.05, 0) is 31.2 Å². The molecule has 96 valence electrons. The number of hydrogen-bond donors (Lipinski definition) is 2. The number of aryl methyl sites for hydroxylation is 1. The van der Waals surface area contributed by atoms with Crippen molar-refractivity contribution in [3.63, 3.8) is 0 Å². The Labute approximate surface area is 106 Å².